The number of aromatic nitrogens is 2. The van der Waals surface area contributed by atoms with E-state index in [2.05, 4.69) is 5.32 Å². The van der Waals surface area contributed by atoms with E-state index in [9.17, 15) is 24.3 Å². The Labute approximate surface area is 269 Å². The fourth-order valence-corrected chi connectivity index (χ4v) is 5.93. The zero-order valence-electron chi connectivity index (χ0n) is 26.0. The molecule has 0 bridgehead atoms. The maximum Gasteiger partial charge on any atom is 0.412 e. The van der Waals surface area contributed by atoms with E-state index in [0.29, 0.717) is 29.2 Å². The Morgan fingerprint density at radius 3 is 2.62 bits per heavy atom. The predicted octanol–water partition coefficient (Wildman–Crippen LogP) is 2.95. The molecule has 1 atom stereocenters. The molecular formula is C34H33N5O8. The number of aliphatic hydroxyl groups is 1. The second-order valence-electron chi connectivity index (χ2n) is 11.7. The molecule has 47 heavy (non-hydrogen) atoms. The summed E-state index contributed by atoms with van der Waals surface area (Å²) in [5, 5.41) is 23.3. The lowest BCUT2D eigenvalue weighted by atomic mass is 9.86. The summed E-state index contributed by atoms with van der Waals surface area (Å²) in [5.74, 6) is -1.05. The van der Waals surface area contributed by atoms with Gasteiger partial charge in [0.15, 0.2) is 5.60 Å². The number of amides is 2. The standard InChI is InChI=1S/C34H33N5O8/c1-4-34(44)25-14-27-30-21(16-39(27)31(41)24(25)18-46-32(34)42)13-22-23(17-38(2)3)28(11-10-26(22)36-30)47-33(43)35-15-20-7-5-19(6-8-20)9-12-29(40)37-45/h5-14,44-45H,4,15-18H2,1-3H3,(H,35,43)(H,37,40)/b12-9+/t34-/m0/s1. The highest BCUT2D eigenvalue weighted by Crippen LogP contribution is 2.40. The predicted molar refractivity (Wildman–Crippen MR) is 170 cm³/mol. The first-order valence-corrected chi connectivity index (χ1v) is 15.0. The van der Waals surface area contributed by atoms with Crippen LogP contribution in [0.25, 0.3) is 28.4 Å². The van der Waals surface area contributed by atoms with Crippen LogP contribution in [0.1, 0.15) is 46.7 Å². The second-order valence-corrected chi connectivity index (χ2v) is 11.7. The van der Waals surface area contributed by atoms with Gasteiger partial charge < -0.3 is 29.4 Å². The number of nitrogens with one attached hydrogen (secondary N) is 2. The summed E-state index contributed by atoms with van der Waals surface area (Å²) in [7, 11) is 3.80. The second kappa shape index (κ2) is 12.4. The summed E-state index contributed by atoms with van der Waals surface area (Å²) in [5.41, 5.74) is 4.58. The maximum atomic E-state index is 13.5. The van der Waals surface area contributed by atoms with Crippen molar-refractivity contribution in [2.75, 3.05) is 14.1 Å². The Kier molecular flexibility index (Phi) is 8.36. The maximum absolute atomic E-state index is 13.5. The van der Waals surface area contributed by atoms with E-state index in [-0.39, 0.29) is 42.8 Å². The minimum absolute atomic E-state index is 0.0568. The lowest BCUT2D eigenvalue weighted by molar-refractivity contribution is -0.172. The smallest absolute Gasteiger partial charge is 0.412 e. The van der Waals surface area contributed by atoms with E-state index in [4.69, 9.17) is 19.7 Å². The first-order valence-electron chi connectivity index (χ1n) is 15.0. The molecule has 13 nitrogen and oxygen atoms in total. The molecule has 2 amide bonds. The zero-order valence-corrected chi connectivity index (χ0v) is 26.0. The van der Waals surface area contributed by atoms with Gasteiger partial charge in [-0.2, -0.15) is 0 Å². The molecule has 0 aliphatic carbocycles. The molecule has 0 fully saturated rings. The van der Waals surface area contributed by atoms with Crippen molar-refractivity contribution in [1.29, 1.82) is 0 Å². The monoisotopic (exact) mass is 639 g/mol. The van der Waals surface area contributed by atoms with Gasteiger partial charge in [-0.1, -0.05) is 31.2 Å². The molecule has 13 heteroatoms. The summed E-state index contributed by atoms with van der Waals surface area (Å²) in [6, 6.07) is 14.2. The molecule has 2 aliphatic rings. The van der Waals surface area contributed by atoms with Gasteiger partial charge in [-0.25, -0.2) is 20.1 Å². The van der Waals surface area contributed by atoms with Gasteiger partial charge in [-0.05, 0) is 62.0 Å². The third-order valence-electron chi connectivity index (χ3n) is 8.39. The molecule has 242 valence electrons. The average Bonchev–Trinajstić information content (AvgIpc) is 3.43. The normalized spacial score (nSPS) is 16.5. The molecule has 2 aromatic carbocycles. The van der Waals surface area contributed by atoms with Crippen molar-refractivity contribution in [3.63, 3.8) is 0 Å². The van der Waals surface area contributed by atoms with Crippen LogP contribution in [0.2, 0.25) is 0 Å². The number of fused-ring (bicyclic) bond motifs is 5. The highest BCUT2D eigenvalue weighted by atomic mass is 16.6. The van der Waals surface area contributed by atoms with Crippen molar-refractivity contribution < 1.29 is 34.2 Å². The molecular weight excluding hydrogens is 606 g/mol. The number of ether oxygens (including phenoxy) is 2. The molecule has 4 aromatic rings. The van der Waals surface area contributed by atoms with Gasteiger partial charge >= 0.3 is 12.1 Å². The molecule has 0 radical (unpaired) electrons. The SMILES string of the molecule is CC[C@@]1(O)C(=O)OCc2c1cc1n(c2=O)Cc2cc3c(CN(C)C)c(OC(=O)NCc4ccc(/C=C/C(=O)NO)cc4)ccc3nc2-1. The summed E-state index contributed by atoms with van der Waals surface area (Å²) >= 11 is 0. The van der Waals surface area contributed by atoms with Crippen LogP contribution in [0.5, 0.6) is 5.75 Å². The molecule has 0 saturated heterocycles. The van der Waals surface area contributed by atoms with E-state index >= 15 is 0 Å². The number of hydroxylamine groups is 1. The number of pyridine rings is 2. The lowest BCUT2D eigenvalue weighted by Gasteiger charge is -2.31. The fourth-order valence-electron chi connectivity index (χ4n) is 5.93. The number of hydrogen-bond donors (Lipinski definition) is 4. The van der Waals surface area contributed by atoms with E-state index in [1.54, 1.807) is 60.0 Å². The molecule has 2 aromatic heterocycles. The Balaban J connectivity index is 1.27. The number of esters is 1. The highest BCUT2D eigenvalue weighted by Gasteiger charge is 2.45. The lowest BCUT2D eigenvalue weighted by Crippen LogP contribution is -2.44. The van der Waals surface area contributed by atoms with Crippen LogP contribution >= 0.6 is 0 Å². The van der Waals surface area contributed by atoms with Gasteiger partial charge in [-0.3, -0.25) is 14.8 Å². The number of rotatable bonds is 8. The summed E-state index contributed by atoms with van der Waals surface area (Å²) in [6.45, 7) is 2.34. The Hall–Kier alpha value is -5.37. The summed E-state index contributed by atoms with van der Waals surface area (Å²) in [4.78, 5) is 57.0. The van der Waals surface area contributed by atoms with Gasteiger partial charge in [-0.15, -0.1) is 0 Å². The van der Waals surface area contributed by atoms with Crippen LogP contribution in [0.15, 0.2) is 59.4 Å². The number of cyclic esters (lactones) is 1. The number of hydrogen-bond acceptors (Lipinski definition) is 10. The topological polar surface area (TPSA) is 172 Å². The van der Waals surface area contributed by atoms with E-state index < -0.39 is 23.6 Å². The molecule has 4 heterocycles. The van der Waals surface area contributed by atoms with Crippen LogP contribution in [-0.4, -0.2) is 56.8 Å². The molecule has 0 saturated carbocycles. The van der Waals surface area contributed by atoms with Crippen LogP contribution in [0.4, 0.5) is 4.79 Å². The van der Waals surface area contributed by atoms with Crippen LogP contribution < -0.4 is 21.1 Å². The number of carbonyl (C=O) groups is 3. The first kappa shape index (κ1) is 31.6. The van der Waals surface area contributed by atoms with Gasteiger partial charge in [0.05, 0.1) is 29.0 Å². The highest BCUT2D eigenvalue weighted by molar-refractivity contribution is 5.91. The Morgan fingerprint density at radius 1 is 1.15 bits per heavy atom. The van der Waals surface area contributed by atoms with Gasteiger partial charge in [0.25, 0.3) is 11.5 Å². The molecule has 6 rings (SSSR count). The largest absolute Gasteiger partial charge is 0.458 e. The molecule has 0 unspecified atom stereocenters. The molecule has 0 spiro atoms. The average molecular weight is 640 g/mol. The van der Waals surface area contributed by atoms with Crippen molar-refractivity contribution in [1.82, 2.24) is 25.2 Å². The minimum Gasteiger partial charge on any atom is -0.458 e. The summed E-state index contributed by atoms with van der Waals surface area (Å²) < 4.78 is 12.5. The van der Waals surface area contributed by atoms with Crippen LogP contribution in [-0.2, 0) is 46.2 Å². The van der Waals surface area contributed by atoms with Crippen molar-refractivity contribution in [3.05, 3.63) is 98.3 Å². The van der Waals surface area contributed by atoms with Crippen LogP contribution in [0.3, 0.4) is 0 Å². The van der Waals surface area contributed by atoms with Crippen molar-refractivity contribution in [3.8, 4) is 17.1 Å². The Bertz CT molecular complexity index is 2020. The van der Waals surface area contributed by atoms with Gasteiger partial charge in [0, 0.05) is 41.2 Å². The zero-order chi connectivity index (χ0) is 33.5. The number of carbonyl (C=O) groups excluding carboxylic acids is 3. The number of nitrogens with zero attached hydrogens (tertiary/aromatic N) is 3. The van der Waals surface area contributed by atoms with Crippen LogP contribution in [0, 0.1) is 0 Å². The Morgan fingerprint density at radius 2 is 1.91 bits per heavy atom. The van der Waals surface area contributed by atoms with Crippen molar-refractivity contribution in [2.45, 2.75) is 45.2 Å². The quantitative estimate of drug-likeness (QED) is 0.0856. The third kappa shape index (κ3) is 5.87. The van der Waals surface area contributed by atoms with Crippen molar-refractivity contribution in [2.24, 2.45) is 0 Å². The molecule has 4 N–H and O–H groups in total. The van der Waals surface area contributed by atoms with E-state index in [1.165, 1.54) is 11.6 Å². The van der Waals surface area contributed by atoms with Gasteiger partial charge in [0.1, 0.15) is 12.4 Å². The molecule has 2 aliphatic heterocycles. The van der Waals surface area contributed by atoms with Crippen molar-refractivity contribution >= 4 is 34.9 Å². The first-order chi connectivity index (χ1) is 22.5. The van der Waals surface area contributed by atoms with E-state index in [1.807, 2.05) is 25.1 Å². The fraction of sp³-hybridized carbons (Fsp3) is 0.265. The number of benzene rings is 2. The minimum atomic E-state index is -1.91. The summed E-state index contributed by atoms with van der Waals surface area (Å²) in [6.07, 6.45) is 2.15. The van der Waals surface area contributed by atoms with Gasteiger partial charge in [0.2, 0.25) is 0 Å². The van der Waals surface area contributed by atoms with E-state index in [0.717, 1.165) is 27.6 Å². The third-order valence-corrected chi connectivity index (χ3v) is 8.39.